The lowest BCUT2D eigenvalue weighted by atomic mass is 9.86. The van der Waals surface area contributed by atoms with Gasteiger partial charge in [0.05, 0.1) is 6.04 Å². The van der Waals surface area contributed by atoms with Crippen LogP contribution in [0.1, 0.15) is 20.3 Å². The number of rotatable bonds is 3. The molecule has 16 heavy (non-hydrogen) atoms. The van der Waals surface area contributed by atoms with Crippen molar-refractivity contribution in [1.82, 2.24) is 9.80 Å². The molecule has 1 aliphatic rings. The minimum absolute atomic E-state index is 0.0171. The van der Waals surface area contributed by atoms with Crippen LogP contribution >= 0.6 is 0 Å². The van der Waals surface area contributed by atoms with Crippen molar-refractivity contribution in [2.75, 3.05) is 33.7 Å². The Kier molecular flexibility index (Phi) is 4.74. The third-order valence-corrected chi connectivity index (χ3v) is 3.79. The van der Waals surface area contributed by atoms with Crippen molar-refractivity contribution < 1.29 is 4.79 Å². The molecule has 4 heteroatoms. The van der Waals surface area contributed by atoms with E-state index in [-0.39, 0.29) is 11.9 Å². The van der Waals surface area contributed by atoms with Gasteiger partial charge in [-0.3, -0.25) is 9.69 Å². The van der Waals surface area contributed by atoms with E-state index in [2.05, 4.69) is 11.8 Å². The van der Waals surface area contributed by atoms with E-state index in [0.717, 1.165) is 26.1 Å². The predicted molar refractivity (Wildman–Crippen MR) is 66.1 cm³/mol. The van der Waals surface area contributed by atoms with E-state index in [1.807, 2.05) is 21.0 Å². The van der Waals surface area contributed by atoms with Gasteiger partial charge < -0.3 is 10.6 Å². The van der Waals surface area contributed by atoms with Crippen LogP contribution in [0.5, 0.6) is 0 Å². The molecular weight excluding hydrogens is 202 g/mol. The number of likely N-dealkylation sites (N-methyl/N-ethyl adjacent to an activating group) is 1. The summed E-state index contributed by atoms with van der Waals surface area (Å²) in [6, 6.07) is -0.0171. The first-order chi connectivity index (χ1) is 7.47. The summed E-state index contributed by atoms with van der Waals surface area (Å²) in [5.74, 6) is 1.40. The molecule has 3 atom stereocenters. The molecule has 3 unspecified atom stereocenters. The molecule has 1 rings (SSSR count). The molecule has 0 bridgehead atoms. The molecule has 0 aromatic carbocycles. The van der Waals surface area contributed by atoms with E-state index in [1.165, 1.54) is 0 Å². The summed E-state index contributed by atoms with van der Waals surface area (Å²) < 4.78 is 0. The summed E-state index contributed by atoms with van der Waals surface area (Å²) in [6.07, 6.45) is 1.15. The molecule has 0 aromatic rings. The van der Waals surface area contributed by atoms with E-state index >= 15 is 0 Å². The van der Waals surface area contributed by atoms with Gasteiger partial charge in [0.15, 0.2) is 0 Å². The quantitative estimate of drug-likeness (QED) is 0.758. The third-order valence-electron chi connectivity index (χ3n) is 3.79. The molecule has 0 radical (unpaired) electrons. The maximum absolute atomic E-state index is 11.9. The number of carbonyl (C=O) groups is 1. The number of piperidine rings is 1. The van der Waals surface area contributed by atoms with Crippen molar-refractivity contribution >= 4 is 5.91 Å². The van der Waals surface area contributed by atoms with Crippen molar-refractivity contribution in [3.05, 3.63) is 0 Å². The number of carbonyl (C=O) groups excluding carboxylic acids is 1. The van der Waals surface area contributed by atoms with E-state index in [4.69, 9.17) is 5.73 Å². The summed E-state index contributed by atoms with van der Waals surface area (Å²) in [7, 11) is 3.62. The number of likely N-dealkylation sites (tertiary alicyclic amines) is 1. The van der Waals surface area contributed by atoms with Gasteiger partial charge in [0.2, 0.25) is 5.91 Å². The second kappa shape index (κ2) is 5.64. The maximum atomic E-state index is 11.9. The second-order valence-electron chi connectivity index (χ2n) is 5.17. The van der Waals surface area contributed by atoms with Gasteiger partial charge in [-0.05, 0) is 38.3 Å². The Labute approximate surface area is 98.8 Å². The zero-order valence-corrected chi connectivity index (χ0v) is 10.9. The van der Waals surface area contributed by atoms with Crippen molar-refractivity contribution in [2.45, 2.75) is 26.3 Å². The van der Waals surface area contributed by atoms with E-state index in [1.54, 1.807) is 4.90 Å². The molecular formula is C12H25N3O. The van der Waals surface area contributed by atoms with E-state index in [0.29, 0.717) is 11.8 Å². The largest absolute Gasteiger partial charge is 0.347 e. The van der Waals surface area contributed by atoms with E-state index in [9.17, 15) is 4.79 Å². The Morgan fingerprint density at radius 2 is 2.19 bits per heavy atom. The van der Waals surface area contributed by atoms with Crippen molar-refractivity contribution in [3.63, 3.8) is 0 Å². The number of nitrogens with two attached hydrogens (primary N) is 1. The van der Waals surface area contributed by atoms with Gasteiger partial charge in [0.25, 0.3) is 0 Å². The first kappa shape index (κ1) is 13.5. The summed E-state index contributed by atoms with van der Waals surface area (Å²) in [6.45, 7) is 6.94. The average Bonchev–Trinajstić information content (AvgIpc) is 2.27. The van der Waals surface area contributed by atoms with Gasteiger partial charge in [0, 0.05) is 20.6 Å². The standard InChI is InChI=1S/C12H25N3O/c1-9-5-6-15(8-11(9)7-13)10(2)12(16)14(3)4/h9-11H,5-8,13H2,1-4H3. The normalized spacial score (nSPS) is 28.8. The molecule has 1 saturated heterocycles. The maximum Gasteiger partial charge on any atom is 0.239 e. The van der Waals surface area contributed by atoms with Crippen LogP contribution in [0.2, 0.25) is 0 Å². The Balaban J connectivity index is 2.58. The van der Waals surface area contributed by atoms with Crippen molar-refractivity contribution in [1.29, 1.82) is 0 Å². The predicted octanol–water partition coefficient (Wildman–Crippen LogP) is 0.380. The molecule has 1 heterocycles. The Morgan fingerprint density at radius 3 is 2.69 bits per heavy atom. The second-order valence-corrected chi connectivity index (χ2v) is 5.17. The van der Waals surface area contributed by atoms with Gasteiger partial charge >= 0.3 is 0 Å². The molecule has 94 valence electrons. The lowest BCUT2D eigenvalue weighted by molar-refractivity contribution is -0.134. The Hall–Kier alpha value is -0.610. The molecule has 1 amide bonds. The first-order valence-electron chi connectivity index (χ1n) is 6.12. The van der Waals surface area contributed by atoms with Crippen LogP contribution in [0.15, 0.2) is 0 Å². The number of hydrogen-bond donors (Lipinski definition) is 1. The minimum Gasteiger partial charge on any atom is -0.347 e. The number of nitrogens with zero attached hydrogens (tertiary/aromatic N) is 2. The minimum atomic E-state index is -0.0171. The van der Waals surface area contributed by atoms with Crippen LogP contribution in [0.4, 0.5) is 0 Å². The van der Waals surface area contributed by atoms with Crippen LogP contribution in [0.25, 0.3) is 0 Å². The van der Waals surface area contributed by atoms with Gasteiger partial charge in [-0.15, -0.1) is 0 Å². The Bertz CT molecular complexity index is 242. The SMILES string of the molecule is CC1CCN(C(C)C(=O)N(C)C)CC1CN. The zero-order chi connectivity index (χ0) is 12.3. The lowest BCUT2D eigenvalue weighted by Crippen LogP contribution is -2.51. The monoisotopic (exact) mass is 227 g/mol. The van der Waals surface area contributed by atoms with Gasteiger partial charge in [-0.2, -0.15) is 0 Å². The van der Waals surface area contributed by atoms with Crippen LogP contribution in [0.3, 0.4) is 0 Å². The number of hydrogen-bond acceptors (Lipinski definition) is 3. The fraction of sp³-hybridized carbons (Fsp3) is 0.917. The zero-order valence-electron chi connectivity index (χ0n) is 10.9. The van der Waals surface area contributed by atoms with Crippen molar-refractivity contribution in [2.24, 2.45) is 17.6 Å². The first-order valence-corrected chi connectivity index (χ1v) is 6.12. The molecule has 0 aliphatic carbocycles. The van der Waals surface area contributed by atoms with Crippen LogP contribution in [-0.2, 0) is 4.79 Å². The average molecular weight is 227 g/mol. The molecule has 0 aromatic heterocycles. The smallest absolute Gasteiger partial charge is 0.239 e. The summed E-state index contributed by atoms with van der Waals surface area (Å²) in [4.78, 5) is 15.8. The Morgan fingerprint density at radius 1 is 1.56 bits per heavy atom. The summed E-state index contributed by atoms with van der Waals surface area (Å²) >= 11 is 0. The van der Waals surface area contributed by atoms with Crippen LogP contribution in [-0.4, -0.2) is 55.5 Å². The summed E-state index contributed by atoms with van der Waals surface area (Å²) in [5.41, 5.74) is 5.77. The fourth-order valence-corrected chi connectivity index (χ4v) is 2.37. The molecule has 1 aliphatic heterocycles. The van der Waals surface area contributed by atoms with Crippen molar-refractivity contribution in [3.8, 4) is 0 Å². The lowest BCUT2D eigenvalue weighted by Gasteiger charge is -2.39. The molecule has 1 fully saturated rings. The fourth-order valence-electron chi connectivity index (χ4n) is 2.37. The highest BCUT2D eigenvalue weighted by Gasteiger charge is 2.30. The van der Waals surface area contributed by atoms with Gasteiger partial charge in [0.1, 0.15) is 0 Å². The number of amides is 1. The molecule has 0 spiro atoms. The molecule has 4 nitrogen and oxygen atoms in total. The highest BCUT2D eigenvalue weighted by Crippen LogP contribution is 2.23. The highest BCUT2D eigenvalue weighted by atomic mass is 16.2. The molecule has 2 N–H and O–H groups in total. The van der Waals surface area contributed by atoms with E-state index < -0.39 is 0 Å². The van der Waals surface area contributed by atoms with Gasteiger partial charge in [-0.1, -0.05) is 6.92 Å². The highest BCUT2D eigenvalue weighted by molar-refractivity contribution is 5.80. The molecule has 0 saturated carbocycles. The summed E-state index contributed by atoms with van der Waals surface area (Å²) in [5, 5.41) is 0. The van der Waals surface area contributed by atoms with Crippen LogP contribution < -0.4 is 5.73 Å². The van der Waals surface area contributed by atoms with Gasteiger partial charge in [-0.25, -0.2) is 0 Å². The third kappa shape index (κ3) is 2.95. The van der Waals surface area contributed by atoms with Crippen LogP contribution in [0, 0.1) is 11.8 Å². The topological polar surface area (TPSA) is 49.6 Å².